The lowest BCUT2D eigenvalue weighted by Gasteiger charge is -2.14. The standard InChI is InChI=1S/C20H23ClN2O6S/c1-13-12-16(7-10-18(13)21)28-11-3-4-19(24)29-14(2)20(25)23-15-5-8-17(9-6-15)30(22,26)27/h5-10,12,14H,3-4,11H2,1-2H3,(H,23,25)(H2,22,26,27)/t14-/m1/s1. The van der Waals surface area contributed by atoms with E-state index in [1.807, 2.05) is 13.0 Å². The van der Waals surface area contributed by atoms with E-state index in [-0.39, 0.29) is 11.3 Å². The predicted octanol–water partition coefficient (Wildman–Crippen LogP) is 3.03. The molecule has 1 amide bonds. The highest BCUT2D eigenvalue weighted by atomic mass is 35.5. The average molecular weight is 455 g/mol. The Labute approximate surface area is 180 Å². The highest BCUT2D eigenvalue weighted by molar-refractivity contribution is 7.89. The molecule has 0 unspecified atom stereocenters. The SMILES string of the molecule is Cc1cc(OCCCC(=O)O[C@H](C)C(=O)Nc2ccc(S(N)(=O)=O)cc2)ccc1Cl. The molecule has 0 heterocycles. The van der Waals surface area contributed by atoms with Crippen molar-refractivity contribution in [2.45, 2.75) is 37.7 Å². The maximum atomic E-state index is 12.1. The molecule has 10 heteroatoms. The number of rotatable bonds is 9. The first-order valence-electron chi connectivity index (χ1n) is 9.08. The zero-order valence-electron chi connectivity index (χ0n) is 16.6. The van der Waals surface area contributed by atoms with Gasteiger partial charge in [0.2, 0.25) is 10.0 Å². The van der Waals surface area contributed by atoms with Crippen LogP contribution < -0.4 is 15.2 Å². The molecule has 0 spiro atoms. The van der Waals surface area contributed by atoms with Crippen molar-refractivity contribution in [2.24, 2.45) is 5.14 Å². The van der Waals surface area contributed by atoms with Gasteiger partial charge < -0.3 is 14.8 Å². The van der Waals surface area contributed by atoms with Gasteiger partial charge in [-0.1, -0.05) is 11.6 Å². The largest absolute Gasteiger partial charge is 0.494 e. The number of benzene rings is 2. The molecule has 1 atom stereocenters. The van der Waals surface area contributed by atoms with Crippen molar-refractivity contribution in [3.63, 3.8) is 0 Å². The number of aryl methyl sites for hydroxylation is 1. The molecule has 0 bridgehead atoms. The molecule has 2 rings (SSSR count). The lowest BCUT2D eigenvalue weighted by molar-refractivity contribution is -0.153. The van der Waals surface area contributed by atoms with Crippen LogP contribution >= 0.6 is 11.6 Å². The number of amides is 1. The Kier molecular flexibility index (Phi) is 8.22. The minimum Gasteiger partial charge on any atom is -0.494 e. The van der Waals surface area contributed by atoms with Gasteiger partial charge in [-0.05, 0) is 68.3 Å². The van der Waals surface area contributed by atoms with Gasteiger partial charge in [0.15, 0.2) is 6.10 Å². The fourth-order valence-corrected chi connectivity index (χ4v) is 3.03. The summed E-state index contributed by atoms with van der Waals surface area (Å²) in [5, 5.41) is 8.21. The molecule has 0 fully saturated rings. The molecule has 0 aromatic heterocycles. The van der Waals surface area contributed by atoms with Crippen molar-refractivity contribution in [3.8, 4) is 5.75 Å². The van der Waals surface area contributed by atoms with Crippen molar-refractivity contribution in [3.05, 3.63) is 53.1 Å². The van der Waals surface area contributed by atoms with E-state index in [2.05, 4.69) is 5.32 Å². The van der Waals surface area contributed by atoms with Crippen LogP contribution in [0.15, 0.2) is 47.4 Å². The quantitative estimate of drug-likeness (QED) is 0.443. The fourth-order valence-electron chi connectivity index (χ4n) is 2.39. The Morgan fingerprint density at radius 1 is 1.17 bits per heavy atom. The van der Waals surface area contributed by atoms with Gasteiger partial charge in [0.25, 0.3) is 5.91 Å². The Morgan fingerprint density at radius 3 is 2.43 bits per heavy atom. The zero-order chi connectivity index (χ0) is 22.3. The van der Waals surface area contributed by atoms with Crippen LogP contribution in [-0.4, -0.2) is 33.0 Å². The lowest BCUT2D eigenvalue weighted by Crippen LogP contribution is -2.30. The zero-order valence-corrected chi connectivity index (χ0v) is 18.1. The van der Waals surface area contributed by atoms with Gasteiger partial charge in [-0.25, -0.2) is 13.6 Å². The van der Waals surface area contributed by atoms with Crippen molar-refractivity contribution in [1.29, 1.82) is 0 Å². The number of primary sulfonamides is 1. The summed E-state index contributed by atoms with van der Waals surface area (Å²) in [7, 11) is -3.81. The minimum atomic E-state index is -3.81. The number of hydrogen-bond acceptors (Lipinski definition) is 6. The van der Waals surface area contributed by atoms with Crippen molar-refractivity contribution in [2.75, 3.05) is 11.9 Å². The molecule has 3 N–H and O–H groups in total. The Bertz CT molecular complexity index is 1010. The second kappa shape index (κ2) is 10.4. The molecule has 0 aliphatic heterocycles. The summed E-state index contributed by atoms with van der Waals surface area (Å²) in [6, 6.07) is 10.6. The number of sulfonamides is 1. The maximum Gasteiger partial charge on any atom is 0.306 e. The summed E-state index contributed by atoms with van der Waals surface area (Å²) < 4.78 is 33.1. The van der Waals surface area contributed by atoms with E-state index in [0.717, 1.165) is 5.56 Å². The molecule has 0 saturated carbocycles. The molecule has 0 aliphatic carbocycles. The van der Waals surface area contributed by atoms with E-state index in [0.29, 0.717) is 29.5 Å². The van der Waals surface area contributed by atoms with Crippen LogP contribution in [-0.2, 0) is 24.3 Å². The van der Waals surface area contributed by atoms with E-state index in [1.165, 1.54) is 31.2 Å². The number of ether oxygens (including phenoxy) is 2. The first-order valence-corrected chi connectivity index (χ1v) is 11.0. The topological polar surface area (TPSA) is 125 Å². The lowest BCUT2D eigenvalue weighted by atomic mass is 10.2. The molecule has 2 aromatic rings. The van der Waals surface area contributed by atoms with Crippen molar-refractivity contribution >= 4 is 39.2 Å². The second-order valence-electron chi connectivity index (χ2n) is 6.55. The highest BCUT2D eigenvalue weighted by Crippen LogP contribution is 2.21. The van der Waals surface area contributed by atoms with Crippen LogP contribution in [0.3, 0.4) is 0 Å². The summed E-state index contributed by atoms with van der Waals surface area (Å²) in [6.07, 6.45) is -0.507. The first kappa shape index (κ1) is 23.7. The summed E-state index contributed by atoms with van der Waals surface area (Å²) in [5.41, 5.74) is 1.25. The summed E-state index contributed by atoms with van der Waals surface area (Å²) in [4.78, 5) is 24.0. The fraction of sp³-hybridized carbons (Fsp3) is 0.300. The normalized spacial score (nSPS) is 12.1. The van der Waals surface area contributed by atoms with Crippen LogP contribution in [0.1, 0.15) is 25.3 Å². The smallest absolute Gasteiger partial charge is 0.306 e. The van der Waals surface area contributed by atoms with Crippen molar-refractivity contribution < 1.29 is 27.5 Å². The minimum absolute atomic E-state index is 0.0732. The predicted molar refractivity (Wildman–Crippen MR) is 113 cm³/mol. The van der Waals surface area contributed by atoms with Gasteiger partial charge in [-0.3, -0.25) is 9.59 Å². The van der Waals surface area contributed by atoms with E-state index in [1.54, 1.807) is 12.1 Å². The molecule has 162 valence electrons. The molecule has 0 radical (unpaired) electrons. The van der Waals surface area contributed by atoms with Gasteiger partial charge in [0.05, 0.1) is 11.5 Å². The molecule has 0 saturated heterocycles. The molecule has 2 aromatic carbocycles. The van der Waals surface area contributed by atoms with E-state index in [9.17, 15) is 18.0 Å². The summed E-state index contributed by atoms with van der Waals surface area (Å²) in [5.74, 6) is -0.413. The third-order valence-electron chi connectivity index (χ3n) is 4.05. The van der Waals surface area contributed by atoms with Crippen LogP contribution in [0.2, 0.25) is 5.02 Å². The van der Waals surface area contributed by atoms with Crippen LogP contribution in [0.25, 0.3) is 0 Å². The van der Waals surface area contributed by atoms with Crippen molar-refractivity contribution in [1.82, 2.24) is 0 Å². The second-order valence-corrected chi connectivity index (χ2v) is 8.52. The number of hydrogen-bond donors (Lipinski definition) is 2. The van der Waals surface area contributed by atoms with Gasteiger partial charge in [-0.15, -0.1) is 0 Å². The number of nitrogens with two attached hydrogens (primary N) is 1. The maximum absolute atomic E-state index is 12.1. The third kappa shape index (κ3) is 7.33. The van der Waals surface area contributed by atoms with E-state index < -0.39 is 28.0 Å². The number of carbonyl (C=O) groups excluding carboxylic acids is 2. The summed E-state index contributed by atoms with van der Waals surface area (Å²) >= 11 is 5.95. The molecular formula is C20H23ClN2O6S. The summed E-state index contributed by atoms with van der Waals surface area (Å²) in [6.45, 7) is 3.62. The van der Waals surface area contributed by atoms with E-state index in [4.69, 9.17) is 26.2 Å². The number of carbonyl (C=O) groups is 2. The highest BCUT2D eigenvalue weighted by Gasteiger charge is 2.18. The molecule has 30 heavy (non-hydrogen) atoms. The van der Waals surface area contributed by atoms with Crippen LogP contribution in [0.4, 0.5) is 5.69 Å². The Hall–Kier alpha value is -2.62. The average Bonchev–Trinajstić information content (AvgIpc) is 2.67. The molecule has 0 aliphatic rings. The monoisotopic (exact) mass is 454 g/mol. The number of halogens is 1. The third-order valence-corrected chi connectivity index (χ3v) is 5.40. The van der Waals surface area contributed by atoms with Gasteiger partial charge in [-0.2, -0.15) is 0 Å². The van der Waals surface area contributed by atoms with Gasteiger partial charge in [0, 0.05) is 17.1 Å². The van der Waals surface area contributed by atoms with Crippen LogP contribution in [0.5, 0.6) is 5.75 Å². The van der Waals surface area contributed by atoms with Crippen LogP contribution in [0, 0.1) is 6.92 Å². The van der Waals surface area contributed by atoms with E-state index >= 15 is 0 Å². The van der Waals surface area contributed by atoms with Gasteiger partial charge >= 0.3 is 5.97 Å². The molecule has 8 nitrogen and oxygen atoms in total. The Balaban J connectivity index is 1.73. The Morgan fingerprint density at radius 2 is 1.83 bits per heavy atom. The number of anilines is 1. The first-order chi connectivity index (χ1) is 14.1. The number of nitrogens with one attached hydrogen (secondary N) is 1. The van der Waals surface area contributed by atoms with Gasteiger partial charge in [0.1, 0.15) is 5.75 Å². The molecular weight excluding hydrogens is 432 g/mol. The number of esters is 1.